The third-order valence-electron chi connectivity index (χ3n) is 4.78. The minimum absolute atomic E-state index is 0.251. The Hall–Kier alpha value is -0.360. The van der Waals surface area contributed by atoms with Gasteiger partial charge in [0.1, 0.15) is 0 Å². The fourth-order valence-corrected chi connectivity index (χ4v) is 2.76. The van der Waals surface area contributed by atoms with E-state index in [-0.39, 0.29) is 12.1 Å². The Kier molecular flexibility index (Phi) is 22.6. The van der Waals surface area contributed by atoms with Crippen LogP contribution in [0.3, 0.4) is 0 Å². The van der Waals surface area contributed by atoms with Crippen molar-refractivity contribution in [3.63, 3.8) is 0 Å². The van der Waals surface area contributed by atoms with E-state index < -0.39 is 0 Å². The van der Waals surface area contributed by atoms with Gasteiger partial charge in [0.25, 0.3) is 0 Å². The van der Waals surface area contributed by atoms with Crippen LogP contribution in [-0.4, -0.2) is 116 Å². The summed E-state index contributed by atoms with van der Waals surface area (Å²) in [5.74, 6) is 0. The Morgan fingerprint density at radius 2 is 0.839 bits per heavy atom. The van der Waals surface area contributed by atoms with Gasteiger partial charge in [-0.25, -0.2) is 4.94 Å². The molecule has 0 amide bonds. The van der Waals surface area contributed by atoms with Gasteiger partial charge in [0.15, 0.2) is 0 Å². The van der Waals surface area contributed by atoms with E-state index in [4.69, 9.17) is 33.4 Å². The van der Waals surface area contributed by atoms with Gasteiger partial charge in [-0.2, -0.15) is 10.1 Å². The fourth-order valence-electron chi connectivity index (χ4n) is 2.76. The standard InChI is InChI=1S/C22H48N2O7/c1-7-23(21(3)9-11-27-17-19-29-15-13-25-5)31-24(8-2)22(4)10-12-28-18-20-30-16-14-26-6/h21-22H,7-20H2,1-6H3. The lowest BCUT2D eigenvalue weighted by atomic mass is 10.2. The van der Waals surface area contributed by atoms with Gasteiger partial charge < -0.3 is 28.4 Å². The van der Waals surface area contributed by atoms with Crippen molar-refractivity contribution < 1.29 is 33.4 Å². The Morgan fingerprint density at radius 1 is 0.516 bits per heavy atom. The van der Waals surface area contributed by atoms with E-state index in [0.29, 0.717) is 66.1 Å². The number of rotatable bonds is 24. The smallest absolute Gasteiger partial charge is 0.0701 e. The molecule has 0 fully saturated rings. The Morgan fingerprint density at radius 3 is 1.16 bits per heavy atom. The zero-order valence-electron chi connectivity index (χ0n) is 20.8. The summed E-state index contributed by atoms with van der Waals surface area (Å²) in [5, 5.41) is 4.03. The molecule has 0 aromatic rings. The predicted octanol–water partition coefficient (Wildman–Crippen LogP) is 2.39. The Balaban J connectivity index is 3.99. The van der Waals surface area contributed by atoms with E-state index in [9.17, 15) is 0 Å². The highest BCUT2D eigenvalue weighted by Gasteiger charge is 2.20. The first-order chi connectivity index (χ1) is 15.1. The number of hydroxylamine groups is 4. The van der Waals surface area contributed by atoms with E-state index >= 15 is 0 Å². The van der Waals surface area contributed by atoms with Crippen molar-refractivity contribution in [3.8, 4) is 0 Å². The molecule has 0 bridgehead atoms. The minimum atomic E-state index is 0.251. The quantitative estimate of drug-likeness (QED) is 0.162. The SMILES string of the molecule is CCN(ON(CC)C(C)CCOCCOCCOC)C(C)CCOCCOCCOC. The van der Waals surface area contributed by atoms with E-state index in [0.717, 1.165) is 25.9 Å². The number of ether oxygens (including phenoxy) is 6. The van der Waals surface area contributed by atoms with Gasteiger partial charge in [0.05, 0.1) is 52.9 Å². The van der Waals surface area contributed by atoms with E-state index in [1.807, 2.05) is 10.1 Å². The van der Waals surface area contributed by atoms with Crippen LogP contribution in [0.2, 0.25) is 0 Å². The molecule has 0 saturated carbocycles. The average molecular weight is 453 g/mol. The van der Waals surface area contributed by atoms with Crippen LogP contribution in [0, 0.1) is 0 Å². The largest absolute Gasteiger partial charge is 0.382 e. The van der Waals surface area contributed by atoms with Crippen LogP contribution >= 0.6 is 0 Å². The molecule has 0 saturated heterocycles. The number of nitrogens with zero attached hydrogens (tertiary/aromatic N) is 2. The molecular formula is C22H48N2O7. The molecular weight excluding hydrogens is 404 g/mol. The molecule has 2 atom stereocenters. The van der Waals surface area contributed by atoms with Crippen molar-refractivity contribution in [3.05, 3.63) is 0 Å². The average Bonchev–Trinajstić information content (AvgIpc) is 2.77. The van der Waals surface area contributed by atoms with Crippen LogP contribution in [-0.2, 0) is 33.4 Å². The van der Waals surface area contributed by atoms with Gasteiger partial charge >= 0.3 is 0 Å². The second kappa shape index (κ2) is 22.8. The lowest BCUT2D eigenvalue weighted by molar-refractivity contribution is -0.349. The van der Waals surface area contributed by atoms with Gasteiger partial charge in [0, 0.05) is 52.6 Å². The molecule has 188 valence electrons. The molecule has 9 heteroatoms. The highest BCUT2D eigenvalue weighted by molar-refractivity contribution is 4.61. The molecule has 0 aliphatic rings. The van der Waals surface area contributed by atoms with Crippen molar-refractivity contribution in [2.75, 3.05) is 93.4 Å². The summed E-state index contributed by atoms with van der Waals surface area (Å²) < 4.78 is 32.0. The van der Waals surface area contributed by atoms with Crippen molar-refractivity contribution in [1.82, 2.24) is 10.1 Å². The number of methoxy groups -OCH3 is 2. The van der Waals surface area contributed by atoms with Crippen molar-refractivity contribution >= 4 is 0 Å². The third kappa shape index (κ3) is 17.8. The lowest BCUT2D eigenvalue weighted by Crippen LogP contribution is -2.44. The first-order valence-electron chi connectivity index (χ1n) is 11.6. The second-order valence-corrected chi connectivity index (χ2v) is 7.26. The molecule has 9 nitrogen and oxygen atoms in total. The van der Waals surface area contributed by atoms with Crippen LogP contribution in [0.5, 0.6) is 0 Å². The highest BCUT2D eigenvalue weighted by Crippen LogP contribution is 2.12. The number of hydrogen-bond acceptors (Lipinski definition) is 9. The Labute approximate surface area is 190 Å². The van der Waals surface area contributed by atoms with Crippen molar-refractivity contribution in [2.45, 2.75) is 52.6 Å². The van der Waals surface area contributed by atoms with Crippen molar-refractivity contribution in [2.24, 2.45) is 0 Å². The normalized spacial score (nSPS) is 13.9. The van der Waals surface area contributed by atoms with E-state index in [2.05, 4.69) is 27.7 Å². The molecule has 0 aliphatic heterocycles. The number of hydrogen-bond donors (Lipinski definition) is 0. The highest BCUT2D eigenvalue weighted by atomic mass is 16.8. The maximum absolute atomic E-state index is 6.20. The molecule has 0 heterocycles. The molecule has 0 N–H and O–H groups in total. The second-order valence-electron chi connectivity index (χ2n) is 7.26. The van der Waals surface area contributed by atoms with Crippen LogP contribution < -0.4 is 0 Å². The maximum atomic E-state index is 6.20. The zero-order chi connectivity index (χ0) is 23.2. The molecule has 0 aliphatic carbocycles. The van der Waals surface area contributed by atoms with Gasteiger partial charge in [-0.1, -0.05) is 13.8 Å². The van der Waals surface area contributed by atoms with Gasteiger partial charge in [-0.3, -0.25) is 0 Å². The first-order valence-corrected chi connectivity index (χ1v) is 11.6. The van der Waals surface area contributed by atoms with Gasteiger partial charge in [-0.15, -0.1) is 0 Å². The topological polar surface area (TPSA) is 71.1 Å². The van der Waals surface area contributed by atoms with E-state index in [1.54, 1.807) is 14.2 Å². The fraction of sp³-hybridized carbons (Fsp3) is 1.00. The molecule has 0 radical (unpaired) electrons. The molecule has 0 rings (SSSR count). The Bertz CT molecular complexity index is 335. The third-order valence-corrected chi connectivity index (χ3v) is 4.78. The van der Waals surface area contributed by atoms with Crippen LogP contribution in [0.1, 0.15) is 40.5 Å². The maximum Gasteiger partial charge on any atom is 0.0701 e. The summed E-state index contributed by atoms with van der Waals surface area (Å²) in [6.45, 7) is 16.3. The van der Waals surface area contributed by atoms with Gasteiger partial charge in [0.2, 0.25) is 0 Å². The molecule has 0 spiro atoms. The predicted molar refractivity (Wildman–Crippen MR) is 121 cm³/mol. The summed E-state index contributed by atoms with van der Waals surface area (Å²) in [6, 6.07) is 0.502. The minimum Gasteiger partial charge on any atom is -0.382 e. The van der Waals surface area contributed by atoms with Gasteiger partial charge in [-0.05, 0) is 26.7 Å². The molecule has 0 aromatic carbocycles. The monoisotopic (exact) mass is 452 g/mol. The van der Waals surface area contributed by atoms with Crippen LogP contribution in [0.15, 0.2) is 0 Å². The summed E-state index contributed by atoms with van der Waals surface area (Å²) in [7, 11) is 3.33. The molecule has 0 aromatic heterocycles. The molecule has 2 unspecified atom stereocenters. The lowest BCUT2D eigenvalue weighted by Gasteiger charge is -2.35. The summed E-state index contributed by atoms with van der Waals surface area (Å²) >= 11 is 0. The van der Waals surface area contributed by atoms with Crippen LogP contribution in [0.4, 0.5) is 0 Å². The zero-order valence-corrected chi connectivity index (χ0v) is 20.8. The summed E-state index contributed by atoms with van der Waals surface area (Å²) in [6.07, 6.45) is 1.79. The van der Waals surface area contributed by atoms with E-state index in [1.165, 1.54) is 0 Å². The summed E-state index contributed by atoms with van der Waals surface area (Å²) in [5.41, 5.74) is 0. The molecule has 31 heavy (non-hydrogen) atoms. The van der Waals surface area contributed by atoms with Crippen molar-refractivity contribution in [1.29, 1.82) is 0 Å². The summed E-state index contributed by atoms with van der Waals surface area (Å²) in [4.78, 5) is 6.20. The van der Waals surface area contributed by atoms with Crippen LogP contribution in [0.25, 0.3) is 0 Å². The first kappa shape index (κ1) is 30.6.